The monoisotopic (exact) mass is 432 g/mol. The Labute approximate surface area is 174 Å². The third-order valence-corrected chi connectivity index (χ3v) is 4.13. The number of hydrogen-bond acceptors (Lipinski definition) is 3. The number of amides is 2. The van der Waals surface area contributed by atoms with E-state index >= 15 is 0 Å². The normalized spacial score (nSPS) is 10.5. The highest BCUT2D eigenvalue weighted by molar-refractivity contribution is 5.99. The molecule has 0 aliphatic heterocycles. The average Bonchev–Trinajstić information content (AvgIpc) is 2.77. The lowest BCUT2D eigenvalue weighted by molar-refractivity contribution is -0.115. The first-order valence-electron chi connectivity index (χ1n) is 9.02. The Morgan fingerprint density at radius 1 is 0.871 bits per heavy atom. The number of rotatable bonds is 7. The number of hydrogen-bond donors (Lipinski definition) is 2. The zero-order chi connectivity index (χ0) is 22.4. The summed E-state index contributed by atoms with van der Waals surface area (Å²) in [4.78, 5) is 24.1. The summed E-state index contributed by atoms with van der Waals surface area (Å²) in [5.41, 5.74) is 0.384. The largest absolute Gasteiger partial charge is 0.489 e. The molecule has 0 atom stereocenters. The second-order valence-corrected chi connectivity index (χ2v) is 6.40. The second-order valence-electron chi connectivity index (χ2n) is 6.40. The molecule has 0 heterocycles. The maximum atomic E-state index is 13.6. The van der Waals surface area contributed by atoms with Gasteiger partial charge in [0.2, 0.25) is 5.91 Å². The maximum absolute atomic E-state index is 13.6. The van der Waals surface area contributed by atoms with E-state index < -0.39 is 41.5 Å². The Bertz CT molecular complexity index is 1100. The van der Waals surface area contributed by atoms with Crippen LogP contribution in [-0.2, 0) is 11.4 Å². The smallest absolute Gasteiger partial charge is 0.251 e. The van der Waals surface area contributed by atoms with Gasteiger partial charge in [-0.2, -0.15) is 0 Å². The van der Waals surface area contributed by atoms with E-state index in [1.54, 1.807) is 24.3 Å². The number of halogens is 4. The van der Waals surface area contributed by atoms with Crippen LogP contribution in [0.25, 0.3) is 0 Å². The number of benzene rings is 3. The van der Waals surface area contributed by atoms with Crippen molar-refractivity contribution in [2.24, 2.45) is 0 Å². The lowest BCUT2D eigenvalue weighted by Gasteiger charge is -2.10. The van der Waals surface area contributed by atoms with Gasteiger partial charge in [0, 0.05) is 5.56 Å². The molecule has 3 aromatic carbocycles. The molecule has 3 aromatic rings. The minimum Gasteiger partial charge on any atom is -0.489 e. The van der Waals surface area contributed by atoms with E-state index in [1.807, 2.05) is 0 Å². The highest BCUT2D eigenvalue weighted by atomic mass is 19.2. The summed E-state index contributed by atoms with van der Waals surface area (Å²) in [6.07, 6.45) is 0. The summed E-state index contributed by atoms with van der Waals surface area (Å²) < 4.78 is 58.2. The van der Waals surface area contributed by atoms with Crippen molar-refractivity contribution in [3.05, 3.63) is 95.1 Å². The molecule has 160 valence electrons. The quantitative estimate of drug-likeness (QED) is 0.435. The van der Waals surface area contributed by atoms with E-state index in [0.29, 0.717) is 11.8 Å². The molecule has 0 fully saturated rings. The van der Waals surface area contributed by atoms with Crippen LogP contribution in [0.3, 0.4) is 0 Å². The van der Waals surface area contributed by atoms with Gasteiger partial charge in [-0.25, -0.2) is 17.6 Å². The van der Waals surface area contributed by atoms with Crippen LogP contribution in [0.15, 0.2) is 60.7 Å². The standard InChI is InChI=1S/C22H16F4N2O3/c23-15-6-4-13(5-7-15)12-31-16-3-1-2-14(10-16)22(30)27-11-19(29)28-18-9-8-17(24)20(25)21(18)26/h1-10H,11-12H2,(H,27,30)(H,28,29). The molecule has 0 aliphatic rings. The van der Waals surface area contributed by atoms with Crippen molar-refractivity contribution >= 4 is 17.5 Å². The van der Waals surface area contributed by atoms with Crippen molar-refractivity contribution in [1.82, 2.24) is 5.32 Å². The molecule has 2 amide bonds. The Morgan fingerprint density at radius 2 is 1.61 bits per heavy atom. The van der Waals surface area contributed by atoms with Crippen LogP contribution in [0.4, 0.5) is 23.2 Å². The Kier molecular flexibility index (Phi) is 6.86. The van der Waals surface area contributed by atoms with Crippen molar-refractivity contribution < 1.29 is 31.9 Å². The summed E-state index contributed by atoms with van der Waals surface area (Å²) in [5, 5.41) is 4.39. The fourth-order valence-electron chi connectivity index (χ4n) is 2.55. The van der Waals surface area contributed by atoms with Gasteiger partial charge in [-0.05, 0) is 48.0 Å². The number of nitrogens with one attached hydrogen (secondary N) is 2. The molecule has 2 N–H and O–H groups in total. The summed E-state index contributed by atoms with van der Waals surface area (Å²) in [5.74, 6) is -6.05. The Hall–Kier alpha value is -3.88. The van der Waals surface area contributed by atoms with Gasteiger partial charge in [0.05, 0.1) is 12.2 Å². The fraction of sp³-hybridized carbons (Fsp3) is 0.0909. The third kappa shape index (κ3) is 5.81. The molecule has 31 heavy (non-hydrogen) atoms. The number of ether oxygens (including phenoxy) is 1. The maximum Gasteiger partial charge on any atom is 0.251 e. The zero-order valence-electron chi connectivity index (χ0n) is 15.9. The van der Waals surface area contributed by atoms with Crippen LogP contribution < -0.4 is 15.4 Å². The van der Waals surface area contributed by atoms with E-state index in [-0.39, 0.29) is 18.0 Å². The summed E-state index contributed by atoms with van der Waals surface area (Å²) in [6, 6.07) is 13.4. The molecule has 0 spiro atoms. The van der Waals surface area contributed by atoms with Gasteiger partial charge < -0.3 is 15.4 Å². The molecule has 0 saturated heterocycles. The van der Waals surface area contributed by atoms with Crippen LogP contribution >= 0.6 is 0 Å². The molecule has 0 aromatic heterocycles. The molecule has 9 heteroatoms. The third-order valence-electron chi connectivity index (χ3n) is 4.13. The SMILES string of the molecule is O=C(CNC(=O)c1cccc(OCc2ccc(F)cc2)c1)Nc1ccc(F)c(F)c1F. The van der Waals surface area contributed by atoms with Crippen molar-refractivity contribution in [3.63, 3.8) is 0 Å². The van der Waals surface area contributed by atoms with Gasteiger partial charge in [-0.15, -0.1) is 0 Å². The summed E-state index contributed by atoms with van der Waals surface area (Å²) >= 11 is 0. The molecule has 0 unspecified atom stereocenters. The first-order chi connectivity index (χ1) is 14.8. The van der Waals surface area contributed by atoms with E-state index in [0.717, 1.165) is 11.6 Å². The highest BCUT2D eigenvalue weighted by Crippen LogP contribution is 2.19. The molecule has 5 nitrogen and oxygen atoms in total. The molecular weight excluding hydrogens is 416 g/mol. The van der Waals surface area contributed by atoms with Crippen molar-refractivity contribution in [2.75, 3.05) is 11.9 Å². The minimum atomic E-state index is -1.71. The highest BCUT2D eigenvalue weighted by Gasteiger charge is 2.16. The van der Waals surface area contributed by atoms with E-state index in [2.05, 4.69) is 10.6 Å². The second kappa shape index (κ2) is 9.75. The van der Waals surface area contributed by atoms with Crippen LogP contribution in [0.2, 0.25) is 0 Å². The van der Waals surface area contributed by atoms with Gasteiger partial charge in [-0.3, -0.25) is 9.59 Å². The van der Waals surface area contributed by atoms with Gasteiger partial charge in [-0.1, -0.05) is 18.2 Å². The van der Waals surface area contributed by atoms with Gasteiger partial charge in [0.15, 0.2) is 17.5 Å². The zero-order valence-corrected chi connectivity index (χ0v) is 15.9. The lowest BCUT2D eigenvalue weighted by atomic mass is 10.2. The summed E-state index contributed by atoms with van der Waals surface area (Å²) in [6.45, 7) is -0.370. The lowest BCUT2D eigenvalue weighted by Crippen LogP contribution is -2.33. The van der Waals surface area contributed by atoms with Gasteiger partial charge in [0.25, 0.3) is 5.91 Å². The van der Waals surface area contributed by atoms with E-state index in [1.165, 1.54) is 24.3 Å². The molecule has 0 bridgehead atoms. The van der Waals surface area contributed by atoms with Crippen molar-refractivity contribution in [1.29, 1.82) is 0 Å². The topological polar surface area (TPSA) is 67.4 Å². The van der Waals surface area contributed by atoms with Crippen LogP contribution in [0.1, 0.15) is 15.9 Å². The molecular formula is C22H16F4N2O3. The van der Waals surface area contributed by atoms with Crippen LogP contribution in [0.5, 0.6) is 5.75 Å². The first-order valence-corrected chi connectivity index (χ1v) is 9.02. The van der Waals surface area contributed by atoms with Crippen LogP contribution in [0, 0.1) is 23.3 Å². The van der Waals surface area contributed by atoms with Crippen molar-refractivity contribution in [2.45, 2.75) is 6.61 Å². The molecule has 3 rings (SSSR count). The predicted octanol–water partition coefficient (Wildman–Crippen LogP) is 4.19. The number of carbonyl (C=O) groups is 2. The first kappa shape index (κ1) is 21.8. The summed E-state index contributed by atoms with van der Waals surface area (Å²) in [7, 11) is 0. The molecule has 0 radical (unpaired) electrons. The van der Waals surface area contributed by atoms with E-state index in [9.17, 15) is 27.2 Å². The molecule has 0 saturated carbocycles. The van der Waals surface area contributed by atoms with Gasteiger partial charge in [0.1, 0.15) is 18.2 Å². The Balaban J connectivity index is 1.54. The van der Waals surface area contributed by atoms with Crippen LogP contribution in [-0.4, -0.2) is 18.4 Å². The number of carbonyl (C=O) groups excluding carboxylic acids is 2. The van der Waals surface area contributed by atoms with Gasteiger partial charge >= 0.3 is 0 Å². The number of anilines is 1. The predicted molar refractivity (Wildman–Crippen MR) is 104 cm³/mol. The van der Waals surface area contributed by atoms with E-state index in [4.69, 9.17) is 4.74 Å². The minimum absolute atomic E-state index is 0.160. The van der Waals surface area contributed by atoms with Crippen molar-refractivity contribution in [3.8, 4) is 5.75 Å². The molecule has 0 aliphatic carbocycles. The Morgan fingerprint density at radius 3 is 2.35 bits per heavy atom. The average molecular weight is 432 g/mol. The fourth-order valence-corrected chi connectivity index (χ4v) is 2.55.